The normalized spacial score (nSPS) is 18.9. The van der Waals surface area contributed by atoms with Crippen LogP contribution in [0.4, 0.5) is 4.79 Å². The van der Waals surface area contributed by atoms with Crippen molar-refractivity contribution in [3.05, 3.63) is 18.2 Å². The SMILES string of the molecule is CCn1ncc(-c2nc3c(OC4CCC(N(C(=O)O)C(C)(C)C)C4)ncnc3n2C)c1C. The number of aromatic nitrogens is 6. The average molecular weight is 442 g/mol. The van der Waals surface area contributed by atoms with E-state index in [1.165, 1.54) is 6.33 Å². The van der Waals surface area contributed by atoms with Crippen molar-refractivity contribution in [1.82, 2.24) is 34.2 Å². The van der Waals surface area contributed by atoms with Gasteiger partial charge in [-0.1, -0.05) is 0 Å². The molecule has 10 nitrogen and oxygen atoms in total. The van der Waals surface area contributed by atoms with Crippen LogP contribution in [0.5, 0.6) is 5.88 Å². The molecule has 3 aromatic rings. The number of aryl methyl sites for hydroxylation is 2. The molecule has 172 valence electrons. The monoisotopic (exact) mass is 441 g/mol. The van der Waals surface area contributed by atoms with E-state index < -0.39 is 11.6 Å². The second-order valence-corrected chi connectivity index (χ2v) is 9.34. The summed E-state index contributed by atoms with van der Waals surface area (Å²) in [6.07, 6.45) is 4.42. The van der Waals surface area contributed by atoms with Crippen LogP contribution in [0.3, 0.4) is 0 Å². The number of carboxylic acid groups (broad SMARTS) is 1. The fourth-order valence-corrected chi connectivity index (χ4v) is 4.70. The highest BCUT2D eigenvalue weighted by Gasteiger charge is 2.39. The number of hydrogen-bond donors (Lipinski definition) is 1. The number of fused-ring (bicyclic) bond motifs is 1. The minimum absolute atomic E-state index is 0.0864. The number of imidazole rings is 1. The largest absolute Gasteiger partial charge is 0.473 e. The van der Waals surface area contributed by atoms with E-state index in [-0.39, 0.29) is 12.1 Å². The summed E-state index contributed by atoms with van der Waals surface area (Å²) in [5, 5.41) is 14.1. The third kappa shape index (κ3) is 3.78. The first kappa shape index (κ1) is 22.0. The summed E-state index contributed by atoms with van der Waals surface area (Å²) < 4.78 is 10.1. The van der Waals surface area contributed by atoms with Crippen LogP contribution in [0, 0.1) is 6.92 Å². The molecule has 1 fully saturated rings. The van der Waals surface area contributed by atoms with Gasteiger partial charge in [-0.3, -0.25) is 4.68 Å². The Morgan fingerprint density at radius 1 is 1.31 bits per heavy atom. The van der Waals surface area contributed by atoms with Gasteiger partial charge in [0.25, 0.3) is 0 Å². The summed E-state index contributed by atoms with van der Waals surface area (Å²) in [5.41, 5.74) is 2.80. The first-order valence-electron chi connectivity index (χ1n) is 11.0. The number of ether oxygens (including phenoxy) is 1. The highest BCUT2D eigenvalue weighted by molar-refractivity contribution is 5.81. The summed E-state index contributed by atoms with van der Waals surface area (Å²) in [5.74, 6) is 1.19. The predicted octanol–water partition coefficient (Wildman–Crippen LogP) is 3.63. The third-order valence-electron chi connectivity index (χ3n) is 6.20. The van der Waals surface area contributed by atoms with E-state index in [2.05, 4.69) is 22.0 Å². The lowest BCUT2D eigenvalue weighted by molar-refractivity contribution is 0.0676. The summed E-state index contributed by atoms with van der Waals surface area (Å²) >= 11 is 0. The van der Waals surface area contributed by atoms with Crippen molar-refractivity contribution in [3.8, 4) is 17.3 Å². The molecule has 0 saturated heterocycles. The first-order chi connectivity index (χ1) is 15.1. The Kier molecular flexibility index (Phi) is 5.56. The van der Waals surface area contributed by atoms with Gasteiger partial charge >= 0.3 is 6.09 Å². The Morgan fingerprint density at radius 3 is 2.69 bits per heavy atom. The molecule has 0 bridgehead atoms. The van der Waals surface area contributed by atoms with Crippen molar-refractivity contribution in [2.24, 2.45) is 7.05 Å². The van der Waals surface area contributed by atoms with Crippen LogP contribution in [-0.2, 0) is 13.6 Å². The van der Waals surface area contributed by atoms with Crippen molar-refractivity contribution < 1.29 is 14.6 Å². The standard InChI is InChI=1S/C22H31N7O3/c1-7-28-13(2)16(11-25-28)18-26-17-19(27(18)6)23-12-24-20(17)32-15-9-8-14(10-15)29(21(30)31)22(3,4)5/h11-12,14-15H,7-10H2,1-6H3,(H,30,31). The first-order valence-corrected chi connectivity index (χ1v) is 11.0. The lowest BCUT2D eigenvalue weighted by Crippen LogP contribution is -2.50. The lowest BCUT2D eigenvalue weighted by Gasteiger charge is -2.38. The number of nitrogens with zero attached hydrogens (tertiary/aromatic N) is 7. The zero-order chi connectivity index (χ0) is 23.2. The summed E-state index contributed by atoms with van der Waals surface area (Å²) in [6.45, 7) is 10.6. The van der Waals surface area contributed by atoms with Gasteiger partial charge in [0.2, 0.25) is 5.88 Å². The minimum atomic E-state index is -0.898. The molecule has 4 rings (SSSR count). The fourth-order valence-electron chi connectivity index (χ4n) is 4.70. The molecule has 2 atom stereocenters. The van der Waals surface area contributed by atoms with Crippen molar-refractivity contribution >= 4 is 17.3 Å². The molecule has 2 unspecified atom stereocenters. The molecular formula is C22H31N7O3. The number of amides is 1. The average Bonchev–Trinajstić information content (AvgIpc) is 3.39. The smallest absolute Gasteiger partial charge is 0.407 e. The van der Waals surface area contributed by atoms with E-state index in [9.17, 15) is 9.90 Å². The quantitative estimate of drug-likeness (QED) is 0.643. The molecule has 1 saturated carbocycles. The van der Waals surface area contributed by atoms with Crippen molar-refractivity contribution in [3.63, 3.8) is 0 Å². The van der Waals surface area contributed by atoms with E-state index in [1.807, 2.05) is 50.2 Å². The van der Waals surface area contributed by atoms with E-state index in [4.69, 9.17) is 9.72 Å². The van der Waals surface area contributed by atoms with Crippen LogP contribution in [0.2, 0.25) is 0 Å². The van der Waals surface area contributed by atoms with Gasteiger partial charge in [-0.2, -0.15) is 10.1 Å². The van der Waals surface area contributed by atoms with Gasteiger partial charge in [-0.15, -0.1) is 0 Å². The molecule has 0 spiro atoms. The van der Waals surface area contributed by atoms with E-state index in [0.717, 1.165) is 36.5 Å². The molecular weight excluding hydrogens is 410 g/mol. The molecule has 3 heterocycles. The Morgan fingerprint density at radius 2 is 2.06 bits per heavy atom. The maximum atomic E-state index is 11.8. The molecule has 1 aliphatic rings. The van der Waals surface area contributed by atoms with Gasteiger partial charge in [-0.05, 0) is 47.5 Å². The molecule has 1 N–H and O–H groups in total. The highest BCUT2D eigenvalue weighted by Crippen LogP contribution is 2.34. The Hall–Kier alpha value is -3.17. The zero-order valence-corrected chi connectivity index (χ0v) is 19.5. The number of carbonyl (C=O) groups is 1. The van der Waals surface area contributed by atoms with Gasteiger partial charge in [0.15, 0.2) is 11.2 Å². The minimum Gasteiger partial charge on any atom is -0.473 e. The number of hydrogen-bond acceptors (Lipinski definition) is 6. The van der Waals surface area contributed by atoms with Gasteiger partial charge in [-0.25, -0.2) is 14.8 Å². The molecule has 0 aromatic carbocycles. The Bertz CT molecular complexity index is 1140. The van der Waals surface area contributed by atoms with Crippen LogP contribution in [0.25, 0.3) is 22.6 Å². The summed E-state index contributed by atoms with van der Waals surface area (Å²) in [6, 6.07) is -0.0864. The molecule has 1 amide bonds. The zero-order valence-electron chi connectivity index (χ0n) is 19.5. The van der Waals surface area contributed by atoms with E-state index >= 15 is 0 Å². The molecule has 3 aromatic heterocycles. The van der Waals surface area contributed by atoms with E-state index in [0.29, 0.717) is 23.5 Å². The molecule has 0 radical (unpaired) electrons. The van der Waals surface area contributed by atoms with Crippen LogP contribution >= 0.6 is 0 Å². The Balaban J connectivity index is 1.61. The van der Waals surface area contributed by atoms with Crippen LogP contribution in [0.1, 0.15) is 52.7 Å². The van der Waals surface area contributed by atoms with Gasteiger partial charge < -0.3 is 19.3 Å². The molecule has 1 aliphatic carbocycles. The van der Waals surface area contributed by atoms with Crippen LogP contribution in [0.15, 0.2) is 12.5 Å². The second-order valence-electron chi connectivity index (χ2n) is 9.34. The predicted molar refractivity (Wildman–Crippen MR) is 120 cm³/mol. The van der Waals surface area contributed by atoms with Gasteiger partial charge in [0.1, 0.15) is 18.3 Å². The highest BCUT2D eigenvalue weighted by atomic mass is 16.5. The fraction of sp³-hybridized carbons (Fsp3) is 0.591. The molecule has 0 aliphatic heterocycles. The topological polar surface area (TPSA) is 111 Å². The van der Waals surface area contributed by atoms with Crippen molar-refractivity contribution in [1.29, 1.82) is 0 Å². The number of rotatable bonds is 5. The Labute approximate surface area is 187 Å². The lowest BCUT2D eigenvalue weighted by atomic mass is 10.0. The van der Waals surface area contributed by atoms with Crippen LogP contribution in [-0.4, -0.2) is 63.1 Å². The summed E-state index contributed by atoms with van der Waals surface area (Å²) in [7, 11) is 1.92. The summed E-state index contributed by atoms with van der Waals surface area (Å²) in [4.78, 5) is 27.0. The second kappa shape index (κ2) is 8.07. The van der Waals surface area contributed by atoms with Crippen molar-refractivity contribution in [2.45, 2.75) is 78.1 Å². The van der Waals surface area contributed by atoms with Gasteiger partial charge in [0, 0.05) is 37.3 Å². The maximum absolute atomic E-state index is 11.8. The van der Waals surface area contributed by atoms with E-state index in [1.54, 1.807) is 4.90 Å². The third-order valence-corrected chi connectivity index (χ3v) is 6.20. The maximum Gasteiger partial charge on any atom is 0.407 e. The van der Waals surface area contributed by atoms with Gasteiger partial charge in [0.05, 0.1) is 11.8 Å². The van der Waals surface area contributed by atoms with Crippen LogP contribution < -0.4 is 4.74 Å². The molecule has 32 heavy (non-hydrogen) atoms. The molecule has 10 heteroatoms. The van der Waals surface area contributed by atoms with Crippen molar-refractivity contribution in [2.75, 3.05) is 0 Å².